The van der Waals surface area contributed by atoms with Crippen LogP contribution in [0.25, 0.3) is 0 Å². The van der Waals surface area contributed by atoms with Crippen molar-refractivity contribution in [2.45, 2.75) is 39.4 Å². The molecule has 1 heterocycles. The molecular weight excluding hydrogens is 208 g/mol. The number of cyclic esters (lactones) is 1. The van der Waals surface area contributed by atoms with E-state index in [2.05, 4.69) is 0 Å². The Hall–Kier alpha value is -0.900. The smallest absolute Gasteiger partial charge is 0.309 e. The Morgan fingerprint density at radius 1 is 1.44 bits per heavy atom. The van der Waals surface area contributed by atoms with Crippen molar-refractivity contribution in [2.24, 2.45) is 23.7 Å². The molecule has 0 aromatic carbocycles. The summed E-state index contributed by atoms with van der Waals surface area (Å²) in [4.78, 5) is 23.3. The fraction of sp³-hybridized carbons (Fsp3) is 0.833. The first-order valence-corrected chi connectivity index (χ1v) is 5.82. The van der Waals surface area contributed by atoms with Crippen molar-refractivity contribution < 1.29 is 19.4 Å². The van der Waals surface area contributed by atoms with Gasteiger partial charge in [0.2, 0.25) is 0 Å². The van der Waals surface area contributed by atoms with Crippen molar-refractivity contribution in [2.75, 3.05) is 0 Å². The number of Topliss-reactive ketones (excluding diaryl/α,β-unsaturated/α-hetero) is 1. The molecule has 0 bridgehead atoms. The van der Waals surface area contributed by atoms with Crippen molar-refractivity contribution in [3.8, 4) is 0 Å². The van der Waals surface area contributed by atoms with Gasteiger partial charge in [0.25, 0.3) is 0 Å². The summed E-state index contributed by atoms with van der Waals surface area (Å²) in [5.74, 6) is -0.898. The molecule has 1 saturated carbocycles. The van der Waals surface area contributed by atoms with Gasteiger partial charge in [-0.1, -0.05) is 6.92 Å². The molecule has 90 valence electrons. The molecule has 16 heavy (non-hydrogen) atoms. The monoisotopic (exact) mass is 226 g/mol. The molecule has 0 unspecified atom stereocenters. The van der Waals surface area contributed by atoms with Crippen LogP contribution in [0.15, 0.2) is 0 Å². The van der Waals surface area contributed by atoms with Crippen molar-refractivity contribution in [1.29, 1.82) is 0 Å². The number of rotatable bonds is 1. The van der Waals surface area contributed by atoms with Crippen LogP contribution in [-0.2, 0) is 14.3 Å². The summed E-state index contributed by atoms with van der Waals surface area (Å²) < 4.78 is 5.18. The molecule has 0 amide bonds. The lowest BCUT2D eigenvalue weighted by molar-refractivity contribution is -0.145. The number of ketones is 1. The molecule has 2 rings (SSSR count). The van der Waals surface area contributed by atoms with E-state index in [0.717, 1.165) is 0 Å². The number of esters is 1. The van der Waals surface area contributed by atoms with E-state index < -0.39 is 6.10 Å². The summed E-state index contributed by atoms with van der Waals surface area (Å²) in [6.07, 6.45) is -0.354. The van der Waals surface area contributed by atoms with Crippen molar-refractivity contribution in [3.05, 3.63) is 0 Å². The zero-order valence-corrected chi connectivity index (χ0v) is 9.84. The summed E-state index contributed by atoms with van der Waals surface area (Å²) in [7, 11) is 0. The number of carbonyl (C=O) groups is 2. The van der Waals surface area contributed by atoms with Crippen LogP contribution in [0.1, 0.15) is 27.2 Å². The lowest BCUT2D eigenvalue weighted by Crippen LogP contribution is -2.46. The minimum absolute atomic E-state index is 0.0476. The average molecular weight is 226 g/mol. The van der Waals surface area contributed by atoms with Gasteiger partial charge in [-0.15, -0.1) is 0 Å². The van der Waals surface area contributed by atoms with Crippen molar-refractivity contribution >= 4 is 11.8 Å². The second-order valence-electron chi connectivity index (χ2n) is 5.12. The molecule has 0 radical (unpaired) electrons. The molecule has 1 aliphatic heterocycles. The van der Waals surface area contributed by atoms with E-state index in [9.17, 15) is 14.7 Å². The van der Waals surface area contributed by atoms with E-state index in [1.54, 1.807) is 0 Å². The minimum Gasteiger partial charge on any atom is -0.462 e. The summed E-state index contributed by atoms with van der Waals surface area (Å²) in [6, 6.07) is 0. The summed E-state index contributed by atoms with van der Waals surface area (Å²) >= 11 is 0. The van der Waals surface area contributed by atoms with Gasteiger partial charge in [0.1, 0.15) is 11.9 Å². The van der Waals surface area contributed by atoms with Crippen LogP contribution in [0.2, 0.25) is 0 Å². The number of hydrogen-bond acceptors (Lipinski definition) is 4. The maximum atomic E-state index is 11.7. The van der Waals surface area contributed by atoms with Gasteiger partial charge in [0, 0.05) is 11.8 Å². The van der Waals surface area contributed by atoms with Crippen LogP contribution >= 0.6 is 0 Å². The third kappa shape index (κ3) is 1.56. The molecule has 1 saturated heterocycles. The predicted molar refractivity (Wildman–Crippen MR) is 56.5 cm³/mol. The Morgan fingerprint density at radius 2 is 2.06 bits per heavy atom. The predicted octanol–water partition coefficient (Wildman–Crippen LogP) is 0.770. The van der Waals surface area contributed by atoms with E-state index in [1.807, 2.05) is 13.8 Å². The molecule has 1 aliphatic carbocycles. The Labute approximate surface area is 95.0 Å². The zero-order chi connectivity index (χ0) is 12.0. The van der Waals surface area contributed by atoms with Gasteiger partial charge in [-0.2, -0.15) is 0 Å². The minimum atomic E-state index is -0.576. The SMILES string of the molecule is CC(=O)[C@H]1[C@H](C)[C@H](O)C[C@H]2C(=O)O[C@H](C)[C@@H]12. The Balaban J connectivity index is 2.33. The number of hydrogen-bond donors (Lipinski definition) is 1. The number of aliphatic hydroxyl groups is 1. The van der Waals surface area contributed by atoms with Crippen molar-refractivity contribution in [3.63, 3.8) is 0 Å². The maximum Gasteiger partial charge on any atom is 0.309 e. The maximum absolute atomic E-state index is 11.7. The molecule has 6 atom stereocenters. The molecule has 4 heteroatoms. The Bertz CT molecular complexity index is 325. The molecular formula is C12H18O4. The van der Waals surface area contributed by atoms with Crippen LogP contribution in [0.5, 0.6) is 0 Å². The van der Waals surface area contributed by atoms with E-state index >= 15 is 0 Å². The van der Waals surface area contributed by atoms with E-state index in [-0.39, 0.29) is 41.5 Å². The average Bonchev–Trinajstić information content (AvgIpc) is 2.44. The molecule has 2 fully saturated rings. The quantitative estimate of drug-likeness (QED) is 0.671. The fourth-order valence-electron chi connectivity index (χ4n) is 3.33. The molecule has 1 N–H and O–H groups in total. The van der Waals surface area contributed by atoms with Crippen LogP contribution < -0.4 is 0 Å². The highest BCUT2D eigenvalue weighted by atomic mass is 16.6. The first-order valence-electron chi connectivity index (χ1n) is 5.82. The third-order valence-electron chi connectivity index (χ3n) is 4.16. The van der Waals surface area contributed by atoms with Gasteiger partial charge < -0.3 is 9.84 Å². The van der Waals surface area contributed by atoms with Crippen LogP contribution in [0, 0.1) is 23.7 Å². The molecule has 0 aromatic heterocycles. The number of aliphatic hydroxyl groups excluding tert-OH is 1. The molecule has 2 aliphatic rings. The van der Waals surface area contributed by atoms with Gasteiger partial charge in [0.15, 0.2) is 0 Å². The zero-order valence-electron chi connectivity index (χ0n) is 9.84. The van der Waals surface area contributed by atoms with Crippen LogP contribution in [-0.4, -0.2) is 29.1 Å². The number of fused-ring (bicyclic) bond motifs is 1. The van der Waals surface area contributed by atoms with Gasteiger partial charge in [0.05, 0.1) is 12.0 Å². The van der Waals surface area contributed by atoms with E-state index in [0.29, 0.717) is 6.42 Å². The molecule has 0 spiro atoms. The topological polar surface area (TPSA) is 63.6 Å². The highest BCUT2D eigenvalue weighted by molar-refractivity contribution is 5.82. The number of carbonyl (C=O) groups excluding carboxylic acids is 2. The largest absolute Gasteiger partial charge is 0.462 e. The van der Waals surface area contributed by atoms with Crippen molar-refractivity contribution in [1.82, 2.24) is 0 Å². The lowest BCUT2D eigenvalue weighted by Gasteiger charge is -2.39. The van der Waals surface area contributed by atoms with Gasteiger partial charge in [-0.05, 0) is 26.2 Å². The highest BCUT2D eigenvalue weighted by Crippen LogP contribution is 2.46. The standard InChI is InChI=1S/C12H18O4/c1-5-9(14)4-8-11(10(5)6(2)13)7(3)16-12(8)15/h5,7-11,14H,4H2,1-3H3/t5-,7-,8-,9-,10-,11-/m1/s1. The van der Waals surface area contributed by atoms with Gasteiger partial charge >= 0.3 is 5.97 Å². The van der Waals surface area contributed by atoms with Crippen LogP contribution in [0.4, 0.5) is 0 Å². The summed E-state index contributed by atoms with van der Waals surface area (Å²) in [5, 5.41) is 9.89. The van der Waals surface area contributed by atoms with Crippen LogP contribution in [0.3, 0.4) is 0 Å². The lowest BCUT2D eigenvalue weighted by atomic mass is 9.64. The Morgan fingerprint density at radius 3 is 2.62 bits per heavy atom. The number of ether oxygens (including phenoxy) is 1. The van der Waals surface area contributed by atoms with Gasteiger partial charge in [-0.25, -0.2) is 0 Å². The third-order valence-corrected chi connectivity index (χ3v) is 4.16. The first-order chi connectivity index (χ1) is 7.43. The Kier molecular flexibility index (Phi) is 2.78. The normalized spacial score (nSPS) is 47.4. The molecule has 4 nitrogen and oxygen atoms in total. The van der Waals surface area contributed by atoms with E-state index in [4.69, 9.17) is 4.74 Å². The second-order valence-corrected chi connectivity index (χ2v) is 5.12. The summed E-state index contributed by atoms with van der Waals surface area (Å²) in [6.45, 7) is 5.25. The summed E-state index contributed by atoms with van der Waals surface area (Å²) in [5.41, 5.74) is 0. The second kappa shape index (κ2) is 3.84. The van der Waals surface area contributed by atoms with E-state index in [1.165, 1.54) is 6.92 Å². The van der Waals surface area contributed by atoms with Gasteiger partial charge in [-0.3, -0.25) is 9.59 Å². The first kappa shape index (κ1) is 11.6. The fourth-order valence-corrected chi connectivity index (χ4v) is 3.33. The highest BCUT2D eigenvalue weighted by Gasteiger charge is 2.54. The molecule has 0 aromatic rings.